The van der Waals surface area contributed by atoms with Crippen LogP contribution in [0, 0.1) is 5.92 Å². The summed E-state index contributed by atoms with van der Waals surface area (Å²) in [5.41, 5.74) is 0.959. The molecule has 0 bridgehead atoms. The molecule has 0 aliphatic carbocycles. The van der Waals surface area contributed by atoms with Crippen LogP contribution in [0.2, 0.25) is 10.0 Å². The summed E-state index contributed by atoms with van der Waals surface area (Å²) in [6.07, 6.45) is 3.24. The van der Waals surface area contributed by atoms with E-state index in [2.05, 4.69) is 9.88 Å². The van der Waals surface area contributed by atoms with Crippen molar-refractivity contribution < 1.29 is 5.11 Å². The monoisotopic (exact) mass is 355 g/mol. The molecule has 6 heteroatoms. The number of aromatic nitrogens is 2. The number of hydrogen-bond acceptors (Lipinski definition) is 3. The lowest BCUT2D eigenvalue weighted by molar-refractivity contribution is 0.0615. The van der Waals surface area contributed by atoms with Crippen molar-refractivity contribution in [1.29, 1.82) is 0 Å². The third kappa shape index (κ3) is 4.00. The molecule has 2 aromatic rings. The molecule has 0 amide bonds. The molecule has 0 atom stereocenters. The number of rotatable bonds is 4. The van der Waals surface area contributed by atoms with Gasteiger partial charge < -0.3 is 15.0 Å². The maximum atomic E-state index is 10.3. The highest BCUT2D eigenvalue weighted by molar-refractivity contribution is 6.42. The van der Waals surface area contributed by atoms with Crippen LogP contribution in [0.15, 0.2) is 12.1 Å². The van der Waals surface area contributed by atoms with E-state index in [0.29, 0.717) is 22.5 Å². The Bertz CT molecular complexity index is 700. The number of nitrogens with zero attached hydrogens (tertiary/aromatic N) is 2. The lowest BCUT2D eigenvalue weighted by Crippen LogP contribution is -2.30. The Morgan fingerprint density at radius 1 is 1.26 bits per heavy atom. The van der Waals surface area contributed by atoms with Gasteiger partial charge in [0.15, 0.2) is 0 Å². The Kier molecular flexibility index (Phi) is 4.88. The van der Waals surface area contributed by atoms with Gasteiger partial charge in [0.25, 0.3) is 0 Å². The molecule has 0 unspecified atom stereocenters. The quantitative estimate of drug-likeness (QED) is 0.879. The highest BCUT2D eigenvalue weighted by Crippen LogP contribution is 2.30. The Morgan fingerprint density at radius 3 is 2.57 bits per heavy atom. The van der Waals surface area contributed by atoms with E-state index in [1.807, 2.05) is 26.0 Å². The Morgan fingerprint density at radius 2 is 1.91 bits per heavy atom. The molecule has 1 fully saturated rings. The molecule has 2 N–H and O–H groups in total. The molecular formula is C17H23Cl2N3O. The van der Waals surface area contributed by atoms with Gasteiger partial charge in [0, 0.05) is 6.42 Å². The van der Waals surface area contributed by atoms with Crippen molar-refractivity contribution in [3.63, 3.8) is 0 Å². The van der Waals surface area contributed by atoms with Gasteiger partial charge in [-0.2, -0.15) is 0 Å². The number of hydrogen-bond donors (Lipinski definition) is 2. The largest absolute Gasteiger partial charge is 0.389 e. The first-order chi connectivity index (χ1) is 10.8. The summed E-state index contributed by atoms with van der Waals surface area (Å²) in [6.45, 7) is 6.24. The van der Waals surface area contributed by atoms with Gasteiger partial charge in [0.2, 0.25) is 0 Å². The molecule has 1 saturated heterocycles. The average molecular weight is 356 g/mol. The SMILES string of the molecule is CC(C)(O)Cn1c(CC2CCNCC2)nc2cc(Cl)c(Cl)cc21. The van der Waals surface area contributed by atoms with Gasteiger partial charge in [-0.3, -0.25) is 0 Å². The maximum Gasteiger partial charge on any atom is 0.110 e. The van der Waals surface area contributed by atoms with Crippen molar-refractivity contribution >= 4 is 34.2 Å². The average Bonchev–Trinajstić information content (AvgIpc) is 2.76. The number of benzene rings is 1. The van der Waals surface area contributed by atoms with Gasteiger partial charge in [0.05, 0.1) is 33.2 Å². The van der Waals surface area contributed by atoms with Crippen LogP contribution >= 0.6 is 23.2 Å². The van der Waals surface area contributed by atoms with Crippen molar-refractivity contribution in [3.8, 4) is 0 Å². The van der Waals surface area contributed by atoms with Gasteiger partial charge in [-0.05, 0) is 57.8 Å². The second-order valence-electron chi connectivity index (χ2n) is 7.08. The minimum Gasteiger partial charge on any atom is -0.389 e. The fourth-order valence-corrected chi connectivity index (χ4v) is 3.55. The second kappa shape index (κ2) is 6.60. The van der Waals surface area contributed by atoms with Crippen LogP contribution in [0.5, 0.6) is 0 Å². The van der Waals surface area contributed by atoms with Gasteiger partial charge in [-0.25, -0.2) is 4.98 Å². The first-order valence-corrected chi connectivity index (χ1v) is 8.86. The van der Waals surface area contributed by atoms with E-state index in [-0.39, 0.29) is 0 Å². The molecule has 1 aliphatic heterocycles. The Labute approximate surface area is 146 Å². The summed E-state index contributed by atoms with van der Waals surface area (Å²) < 4.78 is 2.10. The summed E-state index contributed by atoms with van der Waals surface area (Å²) in [7, 11) is 0. The summed E-state index contributed by atoms with van der Waals surface area (Å²) in [6, 6.07) is 3.66. The Balaban J connectivity index is 2.01. The standard InChI is InChI=1S/C17H23Cl2N3O/c1-17(2,23)10-22-15-9-13(19)12(18)8-14(15)21-16(22)7-11-3-5-20-6-4-11/h8-9,11,20,23H,3-7,10H2,1-2H3. The van der Waals surface area contributed by atoms with E-state index in [0.717, 1.165) is 49.2 Å². The molecule has 0 saturated carbocycles. The molecule has 4 nitrogen and oxygen atoms in total. The van der Waals surface area contributed by atoms with Crippen LogP contribution < -0.4 is 5.32 Å². The van der Waals surface area contributed by atoms with E-state index in [1.54, 1.807) is 0 Å². The smallest absolute Gasteiger partial charge is 0.110 e. The van der Waals surface area contributed by atoms with Crippen molar-refractivity contribution in [1.82, 2.24) is 14.9 Å². The molecule has 1 aliphatic rings. The first-order valence-electron chi connectivity index (χ1n) is 8.11. The van der Waals surface area contributed by atoms with Gasteiger partial charge in [0.1, 0.15) is 5.82 Å². The fourth-order valence-electron chi connectivity index (χ4n) is 3.23. The zero-order chi connectivity index (χ0) is 16.6. The summed E-state index contributed by atoms with van der Waals surface area (Å²) in [5.74, 6) is 1.63. The van der Waals surface area contributed by atoms with Gasteiger partial charge in [-0.1, -0.05) is 23.2 Å². The molecule has 1 aromatic carbocycles. The minimum atomic E-state index is -0.817. The molecule has 126 valence electrons. The van der Waals surface area contributed by atoms with E-state index < -0.39 is 5.60 Å². The predicted octanol–water partition coefficient (Wildman–Crippen LogP) is 3.66. The van der Waals surface area contributed by atoms with Gasteiger partial charge in [-0.15, -0.1) is 0 Å². The van der Waals surface area contributed by atoms with Crippen LogP contribution in [0.25, 0.3) is 11.0 Å². The fraction of sp³-hybridized carbons (Fsp3) is 0.588. The zero-order valence-corrected chi connectivity index (χ0v) is 15.1. The van der Waals surface area contributed by atoms with Crippen LogP contribution in [-0.2, 0) is 13.0 Å². The molecular weight excluding hydrogens is 333 g/mol. The van der Waals surface area contributed by atoms with E-state index in [1.165, 1.54) is 0 Å². The van der Waals surface area contributed by atoms with E-state index in [9.17, 15) is 5.11 Å². The third-order valence-corrected chi connectivity index (χ3v) is 5.07. The maximum absolute atomic E-state index is 10.3. The number of halogens is 2. The van der Waals surface area contributed by atoms with Crippen molar-refractivity contribution in [3.05, 3.63) is 28.0 Å². The van der Waals surface area contributed by atoms with Crippen LogP contribution in [-0.4, -0.2) is 33.3 Å². The lowest BCUT2D eigenvalue weighted by atomic mass is 9.94. The minimum absolute atomic E-state index is 0.488. The van der Waals surface area contributed by atoms with Crippen LogP contribution in [0.3, 0.4) is 0 Å². The number of piperidine rings is 1. The predicted molar refractivity (Wildman–Crippen MR) is 95.3 cm³/mol. The lowest BCUT2D eigenvalue weighted by Gasteiger charge is -2.24. The molecule has 0 spiro atoms. The van der Waals surface area contributed by atoms with Crippen molar-refractivity contribution in [2.75, 3.05) is 13.1 Å². The highest BCUT2D eigenvalue weighted by atomic mass is 35.5. The Hall–Kier alpha value is -0.810. The number of imidazole rings is 1. The van der Waals surface area contributed by atoms with Gasteiger partial charge >= 0.3 is 0 Å². The molecule has 1 aromatic heterocycles. The highest BCUT2D eigenvalue weighted by Gasteiger charge is 2.23. The number of aliphatic hydroxyl groups is 1. The number of fused-ring (bicyclic) bond motifs is 1. The van der Waals surface area contributed by atoms with E-state index in [4.69, 9.17) is 28.2 Å². The van der Waals surface area contributed by atoms with Crippen LogP contribution in [0.4, 0.5) is 0 Å². The summed E-state index contributed by atoms with van der Waals surface area (Å²) in [5, 5.41) is 14.7. The summed E-state index contributed by atoms with van der Waals surface area (Å²) >= 11 is 12.3. The first kappa shape index (κ1) is 17.0. The summed E-state index contributed by atoms with van der Waals surface area (Å²) in [4.78, 5) is 4.78. The van der Waals surface area contributed by atoms with E-state index >= 15 is 0 Å². The van der Waals surface area contributed by atoms with Crippen molar-refractivity contribution in [2.24, 2.45) is 5.92 Å². The molecule has 3 rings (SSSR count). The number of nitrogens with one attached hydrogen (secondary N) is 1. The molecule has 0 radical (unpaired) electrons. The zero-order valence-electron chi connectivity index (χ0n) is 13.6. The second-order valence-corrected chi connectivity index (χ2v) is 7.89. The third-order valence-electron chi connectivity index (χ3n) is 4.34. The van der Waals surface area contributed by atoms with Crippen molar-refractivity contribution in [2.45, 2.75) is 45.3 Å². The topological polar surface area (TPSA) is 50.1 Å². The molecule has 23 heavy (non-hydrogen) atoms. The van der Waals surface area contributed by atoms with Crippen LogP contribution in [0.1, 0.15) is 32.5 Å². The molecule has 2 heterocycles. The normalized spacial score (nSPS) is 17.1.